The largest absolute Gasteiger partial charge is 0.354 e. The molecule has 0 bridgehead atoms. The van der Waals surface area contributed by atoms with Crippen LogP contribution in [0, 0.1) is 5.92 Å². The molecule has 0 aliphatic heterocycles. The SMILES string of the molecule is O=CNc1ccn(-c2ccc(CNCC3CC3)cc2)c(=O)n1. The lowest BCUT2D eigenvalue weighted by Gasteiger charge is -2.08. The van der Waals surface area contributed by atoms with Gasteiger partial charge in [0.05, 0.1) is 5.69 Å². The van der Waals surface area contributed by atoms with E-state index in [1.165, 1.54) is 23.0 Å². The van der Waals surface area contributed by atoms with Crippen LogP contribution in [0.2, 0.25) is 0 Å². The third-order valence-electron chi connectivity index (χ3n) is 3.68. The molecule has 0 radical (unpaired) electrons. The maximum absolute atomic E-state index is 11.9. The van der Waals surface area contributed by atoms with Crippen LogP contribution in [0.1, 0.15) is 18.4 Å². The van der Waals surface area contributed by atoms with Gasteiger partial charge >= 0.3 is 5.69 Å². The van der Waals surface area contributed by atoms with Gasteiger partial charge in [-0.2, -0.15) is 4.98 Å². The van der Waals surface area contributed by atoms with Gasteiger partial charge in [-0.1, -0.05) is 12.1 Å². The van der Waals surface area contributed by atoms with Crippen molar-refractivity contribution in [2.45, 2.75) is 19.4 Å². The summed E-state index contributed by atoms with van der Waals surface area (Å²) >= 11 is 0. The minimum absolute atomic E-state index is 0.247. The van der Waals surface area contributed by atoms with Crippen molar-refractivity contribution >= 4 is 12.2 Å². The van der Waals surface area contributed by atoms with Gasteiger partial charge in [0.2, 0.25) is 6.41 Å². The highest BCUT2D eigenvalue weighted by Gasteiger charge is 2.19. The molecule has 1 aliphatic rings. The van der Waals surface area contributed by atoms with Gasteiger partial charge in [-0.25, -0.2) is 4.79 Å². The van der Waals surface area contributed by atoms with Crippen molar-refractivity contribution in [3.05, 3.63) is 52.6 Å². The summed E-state index contributed by atoms with van der Waals surface area (Å²) in [6, 6.07) is 9.37. The highest BCUT2D eigenvalue weighted by Crippen LogP contribution is 2.27. The van der Waals surface area contributed by atoms with E-state index in [0.29, 0.717) is 6.41 Å². The molecule has 114 valence electrons. The molecule has 6 heteroatoms. The minimum Gasteiger partial charge on any atom is -0.313 e. The van der Waals surface area contributed by atoms with Crippen LogP contribution in [-0.2, 0) is 11.3 Å². The Labute approximate surface area is 128 Å². The molecule has 0 saturated heterocycles. The van der Waals surface area contributed by atoms with Gasteiger partial charge in [-0.3, -0.25) is 9.36 Å². The molecule has 6 nitrogen and oxygen atoms in total. The van der Waals surface area contributed by atoms with Gasteiger partial charge in [0.1, 0.15) is 5.82 Å². The number of hydrogen-bond acceptors (Lipinski definition) is 4. The van der Waals surface area contributed by atoms with Gasteiger partial charge in [-0.05, 0) is 49.1 Å². The molecular weight excluding hydrogens is 280 g/mol. The number of carbonyl (C=O) groups is 1. The Balaban J connectivity index is 1.68. The fourth-order valence-corrected chi connectivity index (χ4v) is 2.26. The molecule has 3 rings (SSSR count). The molecule has 2 aromatic rings. The van der Waals surface area contributed by atoms with Crippen LogP contribution in [0.3, 0.4) is 0 Å². The number of hydrogen-bond donors (Lipinski definition) is 2. The van der Waals surface area contributed by atoms with Crippen molar-refractivity contribution in [1.82, 2.24) is 14.9 Å². The van der Waals surface area contributed by atoms with Crippen LogP contribution in [-0.4, -0.2) is 22.5 Å². The second-order valence-corrected chi connectivity index (χ2v) is 5.47. The van der Waals surface area contributed by atoms with Crippen LogP contribution in [0.15, 0.2) is 41.3 Å². The molecule has 22 heavy (non-hydrogen) atoms. The molecule has 1 heterocycles. The van der Waals surface area contributed by atoms with Gasteiger partial charge < -0.3 is 10.6 Å². The lowest BCUT2D eigenvalue weighted by molar-refractivity contribution is -0.105. The number of carbonyl (C=O) groups excluding carboxylic acids is 1. The zero-order valence-electron chi connectivity index (χ0n) is 12.2. The van der Waals surface area contributed by atoms with E-state index in [1.807, 2.05) is 24.3 Å². The number of benzene rings is 1. The van der Waals surface area contributed by atoms with E-state index >= 15 is 0 Å². The van der Waals surface area contributed by atoms with Gasteiger partial charge in [0, 0.05) is 12.7 Å². The Morgan fingerprint density at radius 3 is 2.64 bits per heavy atom. The van der Waals surface area contributed by atoms with Crippen LogP contribution in [0.5, 0.6) is 0 Å². The van der Waals surface area contributed by atoms with Crippen molar-refractivity contribution < 1.29 is 4.79 Å². The van der Waals surface area contributed by atoms with E-state index in [9.17, 15) is 9.59 Å². The highest BCUT2D eigenvalue weighted by molar-refractivity contribution is 5.68. The molecule has 1 aromatic heterocycles. The summed E-state index contributed by atoms with van der Waals surface area (Å²) in [7, 11) is 0. The summed E-state index contributed by atoms with van der Waals surface area (Å²) in [5.41, 5.74) is 1.51. The van der Waals surface area contributed by atoms with Gasteiger partial charge in [0.25, 0.3) is 0 Å². The maximum Gasteiger partial charge on any atom is 0.354 e. The monoisotopic (exact) mass is 298 g/mol. The number of rotatable bonds is 7. The van der Waals surface area contributed by atoms with Gasteiger partial charge in [0.15, 0.2) is 0 Å². The average molecular weight is 298 g/mol. The number of amides is 1. The van der Waals surface area contributed by atoms with E-state index in [4.69, 9.17) is 0 Å². The summed E-state index contributed by atoms with van der Waals surface area (Å²) in [5, 5.41) is 5.79. The first-order valence-electron chi connectivity index (χ1n) is 7.36. The van der Waals surface area contributed by atoms with Crippen molar-refractivity contribution in [3.8, 4) is 5.69 Å². The third-order valence-corrected chi connectivity index (χ3v) is 3.68. The summed E-state index contributed by atoms with van der Waals surface area (Å²) in [5.74, 6) is 1.11. The minimum atomic E-state index is -0.425. The van der Waals surface area contributed by atoms with Crippen molar-refractivity contribution in [3.63, 3.8) is 0 Å². The second kappa shape index (κ2) is 6.53. The second-order valence-electron chi connectivity index (χ2n) is 5.47. The molecule has 1 saturated carbocycles. The Morgan fingerprint density at radius 1 is 1.23 bits per heavy atom. The van der Waals surface area contributed by atoms with E-state index < -0.39 is 5.69 Å². The smallest absolute Gasteiger partial charge is 0.313 e. The fourth-order valence-electron chi connectivity index (χ4n) is 2.26. The number of anilines is 1. The lowest BCUT2D eigenvalue weighted by atomic mass is 10.2. The fraction of sp³-hybridized carbons (Fsp3) is 0.312. The number of aromatic nitrogens is 2. The summed E-state index contributed by atoms with van der Waals surface area (Å²) in [4.78, 5) is 26.1. The maximum atomic E-state index is 11.9. The highest BCUT2D eigenvalue weighted by atomic mass is 16.1. The van der Waals surface area contributed by atoms with E-state index in [1.54, 1.807) is 12.3 Å². The van der Waals surface area contributed by atoms with E-state index in [0.717, 1.165) is 24.7 Å². The Bertz CT molecular complexity index is 705. The van der Waals surface area contributed by atoms with Gasteiger partial charge in [-0.15, -0.1) is 0 Å². The van der Waals surface area contributed by atoms with Crippen molar-refractivity contribution in [2.24, 2.45) is 5.92 Å². The zero-order valence-corrected chi connectivity index (χ0v) is 12.2. The van der Waals surface area contributed by atoms with Crippen LogP contribution < -0.4 is 16.3 Å². The molecular formula is C16H18N4O2. The first kappa shape index (κ1) is 14.5. The Morgan fingerprint density at radius 2 is 2.00 bits per heavy atom. The lowest BCUT2D eigenvalue weighted by Crippen LogP contribution is -2.22. The standard InChI is InChI=1S/C16H18N4O2/c21-11-18-15-7-8-20(16(22)19-15)14-5-3-13(4-6-14)10-17-9-12-1-2-12/h3-8,11-12,17H,1-2,9-10H2,(H,18,19,21,22). The number of nitrogens with one attached hydrogen (secondary N) is 2. The van der Waals surface area contributed by atoms with E-state index in [-0.39, 0.29) is 5.82 Å². The van der Waals surface area contributed by atoms with Crippen molar-refractivity contribution in [1.29, 1.82) is 0 Å². The first-order chi connectivity index (χ1) is 10.8. The predicted molar refractivity (Wildman–Crippen MR) is 84.0 cm³/mol. The summed E-state index contributed by atoms with van der Waals surface area (Å²) in [6.07, 6.45) is 4.78. The molecule has 1 aromatic carbocycles. The van der Waals surface area contributed by atoms with Crippen LogP contribution in [0.4, 0.5) is 5.82 Å². The Kier molecular flexibility index (Phi) is 4.29. The number of nitrogens with zero attached hydrogens (tertiary/aromatic N) is 2. The topological polar surface area (TPSA) is 76.0 Å². The molecule has 1 fully saturated rings. The first-order valence-corrected chi connectivity index (χ1v) is 7.36. The molecule has 0 unspecified atom stereocenters. The normalized spacial score (nSPS) is 13.8. The summed E-state index contributed by atoms with van der Waals surface area (Å²) in [6.45, 7) is 1.92. The average Bonchev–Trinajstić information content (AvgIpc) is 3.33. The third kappa shape index (κ3) is 3.59. The van der Waals surface area contributed by atoms with Crippen LogP contribution >= 0.6 is 0 Å². The molecule has 0 spiro atoms. The molecule has 2 N–H and O–H groups in total. The molecule has 1 amide bonds. The quantitative estimate of drug-likeness (QED) is 0.756. The predicted octanol–water partition coefficient (Wildman–Crippen LogP) is 1.30. The summed E-state index contributed by atoms with van der Waals surface area (Å²) < 4.78 is 1.44. The van der Waals surface area contributed by atoms with E-state index in [2.05, 4.69) is 15.6 Å². The van der Waals surface area contributed by atoms with Crippen LogP contribution in [0.25, 0.3) is 5.69 Å². The molecule has 1 aliphatic carbocycles. The zero-order chi connectivity index (χ0) is 15.4. The van der Waals surface area contributed by atoms with Crippen molar-refractivity contribution in [2.75, 3.05) is 11.9 Å². The Hall–Kier alpha value is -2.47. The molecule has 0 atom stereocenters.